The first-order chi connectivity index (χ1) is 12.8. The predicted molar refractivity (Wildman–Crippen MR) is 105 cm³/mol. The lowest BCUT2D eigenvalue weighted by molar-refractivity contribution is -0.159. The van der Waals surface area contributed by atoms with Crippen molar-refractivity contribution in [2.75, 3.05) is 13.1 Å². The molecule has 2 saturated carbocycles. The molecule has 3 aliphatic rings. The molecule has 7 heteroatoms. The zero-order valence-electron chi connectivity index (χ0n) is 15.2. The topological polar surface area (TPSA) is 86.8 Å². The van der Waals surface area contributed by atoms with E-state index in [9.17, 15) is 15.0 Å². The number of nitrogens with zero attached hydrogens (tertiary/aromatic N) is 1. The summed E-state index contributed by atoms with van der Waals surface area (Å²) in [5.74, 6) is 0.637. The standard InChI is InChI=1S/C20H26Cl2N2O3/c21-15-5-14(17(26)6-16(15)22)18(23)11-1-3-24(4-2-11)19(27)12-7-20(8-12)9-13(25)10-20/h5-6,11-13,18,25-26H,1-4,7-10,23H2. The van der Waals surface area contributed by atoms with Crippen LogP contribution in [0.5, 0.6) is 5.75 Å². The number of hydrogen-bond donors (Lipinski definition) is 3. The van der Waals surface area contributed by atoms with Crippen molar-refractivity contribution in [3.63, 3.8) is 0 Å². The van der Waals surface area contributed by atoms with Gasteiger partial charge in [-0.3, -0.25) is 4.79 Å². The minimum Gasteiger partial charge on any atom is -0.508 e. The smallest absolute Gasteiger partial charge is 0.225 e. The third kappa shape index (κ3) is 3.55. The maximum absolute atomic E-state index is 12.7. The molecule has 27 heavy (non-hydrogen) atoms. The van der Waals surface area contributed by atoms with Crippen LogP contribution in [0.4, 0.5) is 0 Å². The summed E-state index contributed by atoms with van der Waals surface area (Å²) in [5, 5.41) is 20.4. The second-order valence-corrected chi connectivity index (χ2v) is 9.50. The molecule has 2 aliphatic carbocycles. The number of halogens is 2. The van der Waals surface area contributed by atoms with E-state index in [-0.39, 0.29) is 41.1 Å². The van der Waals surface area contributed by atoms with Crippen molar-refractivity contribution in [2.45, 2.75) is 50.7 Å². The van der Waals surface area contributed by atoms with E-state index in [0.717, 1.165) is 38.5 Å². The Kier molecular flexibility index (Phi) is 5.08. The number of rotatable bonds is 3. The predicted octanol–water partition coefficient (Wildman–Crippen LogP) is 3.49. The summed E-state index contributed by atoms with van der Waals surface area (Å²) in [5.41, 5.74) is 7.26. The van der Waals surface area contributed by atoms with Crippen LogP contribution in [0.1, 0.15) is 50.1 Å². The molecule has 0 aromatic heterocycles. The average Bonchev–Trinajstić information content (AvgIpc) is 2.59. The van der Waals surface area contributed by atoms with Crippen LogP contribution < -0.4 is 5.73 Å². The maximum Gasteiger partial charge on any atom is 0.225 e. The first-order valence-electron chi connectivity index (χ1n) is 9.68. The Labute approximate surface area is 169 Å². The van der Waals surface area contributed by atoms with Crippen molar-refractivity contribution < 1.29 is 15.0 Å². The molecule has 3 fully saturated rings. The first-order valence-corrected chi connectivity index (χ1v) is 10.4. The van der Waals surface area contributed by atoms with Gasteiger partial charge >= 0.3 is 0 Å². The molecule has 0 radical (unpaired) electrons. The molecule has 1 amide bonds. The van der Waals surface area contributed by atoms with E-state index >= 15 is 0 Å². The lowest BCUT2D eigenvalue weighted by atomic mass is 9.50. The Balaban J connectivity index is 1.31. The Morgan fingerprint density at radius 3 is 2.33 bits per heavy atom. The van der Waals surface area contributed by atoms with Crippen molar-refractivity contribution in [1.29, 1.82) is 0 Å². The van der Waals surface area contributed by atoms with E-state index in [1.165, 1.54) is 6.07 Å². The van der Waals surface area contributed by atoms with E-state index in [0.29, 0.717) is 28.7 Å². The molecule has 148 valence electrons. The fourth-order valence-corrected chi connectivity index (χ4v) is 5.57. The highest BCUT2D eigenvalue weighted by Gasteiger charge is 2.55. The highest BCUT2D eigenvalue weighted by molar-refractivity contribution is 6.42. The number of benzene rings is 1. The van der Waals surface area contributed by atoms with Gasteiger partial charge < -0.3 is 20.8 Å². The van der Waals surface area contributed by atoms with Gasteiger partial charge in [-0.2, -0.15) is 0 Å². The number of aromatic hydroxyl groups is 1. The third-order valence-electron chi connectivity index (χ3n) is 6.83. The molecule has 1 atom stereocenters. The minimum absolute atomic E-state index is 0.0675. The Morgan fingerprint density at radius 1 is 1.15 bits per heavy atom. The van der Waals surface area contributed by atoms with Crippen molar-refractivity contribution in [1.82, 2.24) is 4.90 Å². The molecule has 4 N–H and O–H groups in total. The van der Waals surface area contributed by atoms with Crippen LogP contribution in [-0.2, 0) is 4.79 Å². The van der Waals surface area contributed by atoms with Gasteiger partial charge in [0, 0.05) is 36.7 Å². The first kappa shape index (κ1) is 19.3. The molecule has 1 aromatic carbocycles. The van der Waals surface area contributed by atoms with Gasteiger partial charge in [-0.05, 0) is 55.9 Å². The van der Waals surface area contributed by atoms with Gasteiger partial charge in [0.1, 0.15) is 5.75 Å². The molecule has 4 rings (SSSR count). The summed E-state index contributed by atoms with van der Waals surface area (Å²) in [4.78, 5) is 14.7. The van der Waals surface area contributed by atoms with E-state index in [2.05, 4.69) is 0 Å². The van der Waals surface area contributed by atoms with Gasteiger partial charge in [-0.25, -0.2) is 0 Å². The summed E-state index contributed by atoms with van der Waals surface area (Å²) in [6.45, 7) is 1.40. The molecule has 5 nitrogen and oxygen atoms in total. The molecular weight excluding hydrogens is 387 g/mol. The fraction of sp³-hybridized carbons (Fsp3) is 0.650. The number of carbonyl (C=O) groups is 1. The van der Waals surface area contributed by atoms with Gasteiger partial charge in [-0.15, -0.1) is 0 Å². The number of hydrogen-bond acceptors (Lipinski definition) is 4. The van der Waals surface area contributed by atoms with E-state index in [4.69, 9.17) is 28.9 Å². The van der Waals surface area contributed by atoms with Gasteiger partial charge in [0.25, 0.3) is 0 Å². The molecule has 1 heterocycles. The van der Waals surface area contributed by atoms with Gasteiger partial charge in [0.05, 0.1) is 16.1 Å². The summed E-state index contributed by atoms with van der Waals surface area (Å²) < 4.78 is 0. The van der Waals surface area contributed by atoms with Crippen LogP contribution in [0.3, 0.4) is 0 Å². The number of aliphatic hydroxyl groups is 1. The number of phenols is 1. The monoisotopic (exact) mass is 412 g/mol. The molecule has 1 unspecified atom stereocenters. The minimum atomic E-state index is -0.333. The van der Waals surface area contributed by atoms with Crippen LogP contribution in [0.25, 0.3) is 0 Å². The van der Waals surface area contributed by atoms with Crippen LogP contribution >= 0.6 is 23.2 Å². The number of aliphatic hydroxyl groups excluding tert-OH is 1. The largest absolute Gasteiger partial charge is 0.508 e. The lowest BCUT2D eigenvalue weighted by Gasteiger charge is -2.56. The highest BCUT2D eigenvalue weighted by atomic mass is 35.5. The number of carbonyl (C=O) groups excluding carboxylic acids is 1. The molecule has 0 bridgehead atoms. The number of amides is 1. The van der Waals surface area contributed by atoms with Gasteiger partial charge in [0.15, 0.2) is 0 Å². The second-order valence-electron chi connectivity index (χ2n) is 8.68. The third-order valence-corrected chi connectivity index (χ3v) is 7.56. The summed E-state index contributed by atoms with van der Waals surface area (Å²) in [6, 6.07) is 2.74. The van der Waals surface area contributed by atoms with Crippen LogP contribution in [-0.4, -0.2) is 40.2 Å². The zero-order valence-corrected chi connectivity index (χ0v) is 16.7. The number of piperidine rings is 1. The van der Waals surface area contributed by atoms with Crippen molar-refractivity contribution >= 4 is 29.1 Å². The average molecular weight is 413 g/mol. The summed E-state index contributed by atoms with van der Waals surface area (Å²) in [6.07, 6.45) is 5.04. The zero-order chi connectivity index (χ0) is 19.3. The molecule has 1 aromatic rings. The van der Waals surface area contributed by atoms with E-state index < -0.39 is 0 Å². The maximum atomic E-state index is 12.7. The summed E-state index contributed by atoms with van der Waals surface area (Å²) in [7, 11) is 0. The van der Waals surface area contributed by atoms with Crippen LogP contribution in [0.15, 0.2) is 12.1 Å². The number of phenolic OH excluding ortho intramolecular Hbond substituents is 1. The Bertz CT molecular complexity index is 735. The normalized spacial score (nSPS) is 32.1. The fourth-order valence-electron chi connectivity index (χ4n) is 5.24. The molecule has 1 spiro atoms. The van der Waals surface area contributed by atoms with E-state index in [1.54, 1.807) is 6.07 Å². The molecular formula is C20H26Cl2N2O3. The van der Waals surface area contributed by atoms with Crippen LogP contribution in [0, 0.1) is 17.3 Å². The second kappa shape index (κ2) is 7.11. The number of likely N-dealkylation sites (tertiary alicyclic amines) is 1. The van der Waals surface area contributed by atoms with Gasteiger partial charge in [0.2, 0.25) is 5.91 Å². The van der Waals surface area contributed by atoms with Gasteiger partial charge in [-0.1, -0.05) is 23.2 Å². The van der Waals surface area contributed by atoms with Crippen molar-refractivity contribution in [3.8, 4) is 5.75 Å². The Morgan fingerprint density at radius 2 is 1.74 bits per heavy atom. The summed E-state index contributed by atoms with van der Waals surface area (Å²) >= 11 is 12.0. The van der Waals surface area contributed by atoms with Crippen LogP contribution in [0.2, 0.25) is 10.0 Å². The van der Waals surface area contributed by atoms with Crippen molar-refractivity contribution in [3.05, 3.63) is 27.7 Å². The SMILES string of the molecule is NC(c1cc(Cl)c(Cl)cc1O)C1CCN(C(=O)C2CC3(CC(O)C3)C2)CC1. The lowest BCUT2D eigenvalue weighted by Crippen LogP contribution is -2.55. The molecule has 1 saturated heterocycles. The van der Waals surface area contributed by atoms with E-state index in [1.807, 2.05) is 4.90 Å². The van der Waals surface area contributed by atoms with Crippen molar-refractivity contribution in [2.24, 2.45) is 23.0 Å². The Hall–Kier alpha value is -1.01. The quantitative estimate of drug-likeness (QED) is 0.708. The highest BCUT2D eigenvalue weighted by Crippen LogP contribution is 2.59. The number of nitrogens with two attached hydrogens (primary N) is 1. The molecule has 1 aliphatic heterocycles.